The lowest BCUT2D eigenvalue weighted by molar-refractivity contribution is -0.117. The second kappa shape index (κ2) is 4.72. The molecule has 76 valence electrons. The number of nitrogens with zero attached hydrogens (tertiary/aromatic N) is 1. The van der Waals surface area contributed by atoms with Crippen LogP contribution >= 0.6 is 0 Å². The number of hydrogen-bond donors (Lipinski definition) is 1. The van der Waals surface area contributed by atoms with Crippen molar-refractivity contribution >= 4 is 5.78 Å². The van der Waals surface area contributed by atoms with Gasteiger partial charge in [0.1, 0.15) is 5.78 Å². The molecule has 0 aromatic heterocycles. The molecule has 0 spiro atoms. The van der Waals surface area contributed by atoms with Crippen LogP contribution in [0.15, 0.2) is 0 Å². The Morgan fingerprint density at radius 2 is 2.23 bits per heavy atom. The van der Waals surface area contributed by atoms with Gasteiger partial charge in [-0.1, -0.05) is 0 Å². The van der Waals surface area contributed by atoms with Crippen molar-refractivity contribution in [3.63, 3.8) is 0 Å². The summed E-state index contributed by atoms with van der Waals surface area (Å²) in [5, 5.41) is 9.44. The van der Waals surface area contributed by atoms with Crippen molar-refractivity contribution in [3.8, 4) is 0 Å². The summed E-state index contributed by atoms with van der Waals surface area (Å²) < 4.78 is 0. The largest absolute Gasteiger partial charge is 0.392 e. The Morgan fingerprint density at radius 3 is 2.85 bits per heavy atom. The summed E-state index contributed by atoms with van der Waals surface area (Å²) in [6.07, 6.45) is 2.36. The van der Waals surface area contributed by atoms with Gasteiger partial charge >= 0.3 is 0 Å². The number of piperidine rings is 1. The maximum atomic E-state index is 10.8. The fourth-order valence-electron chi connectivity index (χ4n) is 1.77. The minimum absolute atomic E-state index is 0.192. The van der Waals surface area contributed by atoms with Gasteiger partial charge in [0.25, 0.3) is 0 Å². The minimum atomic E-state index is -0.192. The number of ketones is 1. The molecule has 0 saturated carbocycles. The van der Waals surface area contributed by atoms with Crippen LogP contribution in [0.4, 0.5) is 0 Å². The molecular weight excluding hydrogens is 166 g/mol. The molecule has 0 amide bonds. The number of Topliss-reactive ketones (excluding diaryl/α,β-unsaturated/α-hetero) is 1. The standard InChI is InChI=1S/C10H19NO2/c1-8-3-4-10(13)7-11(8)6-5-9(2)12/h8,10,13H,3-7H2,1-2H3/t8-,10-/m1/s1. The molecule has 0 bridgehead atoms. The summed E-state index contributed by atoms with van der Waals surface area (Å²) in [4.78, 5) is 13.0. The van der Waals surface area contributed by atoms with E-state index in [2.05, 4.69) is 11.8 Å². The summed E-state index contributed by atoms with van der Waals surface area (Å²) >= 11 is 0. The third-order valence-electron chi connectivity index (χ3n) is 2.74. The summed E-state index contributed by atoms with van der Waals surface area (Å²) in [5.74, 6) is 0.229. The normalized spacial score (nSPS) is 30.4. The third kappa shape index (κ3) is 3.44. The first-order chi connectivity index (χ1) is 6.09. The van der Waals surface area contributed by atoms with Crippen LogP contribution < -0.4 is 0 Å². The van der Waals surface area contributed by atoms with E-state index < -0.39 is 0 Å². The smallest absolute Gasteiger partial charge is 0.131 e. The van der Waals surface area contributed by atoms with Crippen LogP contribution in [0.1, 0.15) is 33.1 Å². The molecule has 1 heterocycles. The molecule has 13 heavy (non-hydrogen) atoms. The Kier molecular flexibility index (Phi) is 3.88. The van der Waals surface area contributed by atoms with Crippen molar-refractivity contribution in [2.75, 3.05) is 13.1 Å². The van der Waals surface area contributed by atoms with Crippen LogP contribution in [-0.2, 0) is 4.79 Å². The zero-order chi connectivity index (χ0) is 9.84. The summed E-state index contributed by atoms with van der Waals surface area (Å²) in [6.45, 7) is 5.30. The van der Waals surface area contributed by atoms with Gasteiger partial charge in [-0.25, -0.2) is 0 Å². The number of β-amino-alcohol motifs (C(OH)–C–C–N with tert-alkyl or cyclic N) is 1. The second-order valence-corrected chi connectivity index (χ2v) is 4.03. The molecule has 1 N–H and O–H groups in total. The first kappa shape index (κ1) is 10.7. The fourth-order valence-corrected chi connectivity index (χ4v) is 1.77. The molecule has 1 rings (SSSR count). The predicted octanol–water partition coefficient (Wildman–Crippen LogP) is 0.811. The Morgan fingerprint density at radius 1 is 1.54 bits per heavy atom. The molecule has 0 aromatic rings. The van der Waals surface area contributed by atoms with Crippen molar-refractivity contribution in [2.24, 2.45) is 0 Å². The molecule has 1 aliphatic rings. The molecule has 0 aliphatic carbocycles. The number of rotatable bonds is 3. The molecular formula is C10H19NO2. The highest BCUT2D eigenvalue weighted by Crippen LogP contribution is 2.16. The molecule has 1 aliphatic heterocycles. The van der Waals surface area contributed by atoms with Gasteiger partial charge in [0, 0.05) is 25.6 Å². The highest BCUT2D eigenvalue weighted by Gasteiger charge is 2.23. The monoisotopic (exact) mass is 185 g/mol. The molecule has 3 heteroatoms. The molecule has 1 fully saturated rings. The van der Waals surface area contributed by atoms with Crippen LogP contribution in [0.5, 0.6) is 0 Å². The van der Waals surface area contributed by atoms with Crippen molar-refractivity contribution in [1.82, 2.24) is 4.90 Å². The highest BCUT2D eigenvalue weighted by molar-refractivity contribution is 5.75. The molecule has 2 atom stereocenters. The van der Waals surface area contributed by atoms with Gasteiger partial charge in [-0.3, -0.25) is 9.69 Å². The zero-order valence-electron chi connectivity index (χ0n) is 8.49. The summed E-state index contributed by atoms with van der Waals surface area (Å²) in [7, 11) is 0. The van der Waals surface area contributed by atoms with Gasteiger partial charge in [-0.15, -0.1) is 0 Å². The van der Waals surface area contributed by atoms with Crippen molar-refractivity contribution in [1.29, 1.82) is 0 Å². The van der Waals surface area contributed by atoms with Gasteiger partial charge in [-0.05, 0) is 26.7 Å². The van der Waals surface area contributed by atoms with Gasteiger partial charge in [0.15, 0.2) is 0 Å². The second-order valence-electron chi connectivity index (χ2n) is 4.03. The maximum Gasteiger partial charge on any atom is 0.131 e. The van der Waals surface area contributed by atoms with E-state index in [9.17, 15) is 9.90 Å². The first-order valence-electron chi connectivity index (χ1n) is 5.01. The number of aliphatic hydroxyl groups is 1. The van der Waals surface area contributed by atoms with Crippen LogP contribution in [0, 0.1) is 0 Å². The lowest BCUT2D eigenvalue weighted by Crippen LogP contribution is -2.44. The minimum Gasteiger partial charge on any atom is -0.392 e. The van der Waals surface area contributed by atoms with E-state index in [1.807, 2.05) is 0 Å². The van der Waals surface area contributed by atoms with Crippen LogP contribution in [0.25, 0.3) is 0 Å². The van der Waals surface area contributed by atoms with E-state index in [4.69, 9.17) is 0 Å². The zero-order valence-corrected chi connectivity index (χ0v) is 8.49. The molecule has 0 unspecified atom stereocenters. The maximum absolute atomic E-state index is 10.8. The Labute approximate surface area is 79.7 Å². The highest BCUT2D eigenvalue weighted by atomic mass is 16.3. The van der Waals surface area contributed by atoms with E-state index in [0.29, 0.717) is 12.5 Å². The Bertz CT molecular complexity index is 182. The van der Waals surface area contributed by atoms with E-state index >= 15 is 0 Å². The lowest BCUT2D eigenvalue weighted by atomic mass is 10.0. The van der Waals surface area contributed by atoms with Crippen molar-refractivity contribution < 1.29 is 9.90 Å². The van der Waals surface area contributed by atoms with Gasteiger partial charge in [0.2, 0.25) is 0 Å². The quantitative estimate of drug-likeness (QED) is 0.707. The molecule has 0 aromatic carbocycles. The van der Waals surface area contributed by atoms with Crippen molar-refractivity contribution in [2.45, 2.75) is 45.3 Å². The fraction of sp³-hybridized carbons (Fsp3) is 0.900. The average Bonchev–Trinajstić information content (AvgIpc) is 2.06. The number of hydrogen-bond acceptors (Lipinski definition) is 3. The van der Waals surface area contributed by atoms with Gasteiger partial charge in [-0.2, -0.15) is 0 Å². The van der Waals surface area contributed by atoms with Gasteiger partial charge in [0.05, 0.1) is 6.10 Å². The Balaban J connectivity index is 2.33. The van der Waals surface area contributed by atoms with Crippen LogP contribution in [0.2, 0.25) is 0 Å². The summed E-state index contributed by atoms with van der Waals surface area (Å²) in [6, 6.07) is 0.516. The SMILES string of the molecule is CC(=O)CCN1C[C@H](O)CC[C@H]1C. The van der Waals surface area contributed by atoms with Gasteiger partial charge < -0.3 is 5.11 Å². The van der Waals surface area contributed by atoms with E-state index in [1.165, 1.54) is 0 Å². The predicted molar refractivity (Wildman–Crippen MR) is 51.6 cm³/mol. The summed E-state index contributed by atoms with van der Waals surface area (Å²) in [5.41, 5.74) is 0. The lowest BCUT2D eigenvalue weighted by Gasteiger charge is -2.35. The molecule has 0 radical (unpaired) electrons. The van der Waals surface area contributed by atoms with E-state index in [1.54, 1.807) is 6.92 Å². The van der Waals surface area contributed by atoms with E-state index in [0.717, 1.165) is 25.9 Å². The van der Waals surface area contributed by atoms with Crippen LogP contribution in [-0.4, -0.2) is 41.0 Å². The van der Waals surface area contributed by atoms with Crippen molar-refractivity contribution in [3.05, 3.63) is 0 Å². The molecule has 3 nitrogen and oxygen atoms in total. The topological polar surface area (TPSA) is 40.5 Å². The molecule has 1 saturated heterocycles. The number of aliphatic hydroxyl groups excluding tert-OH is 1. The number of carbonyl (C=O) groups excluding carboxylic acids is 1. The Hall–Kier alpha value is -0.410. The number of likely N-dealkylation sites (tertiary alicyclic amines) is 1. The number of carbonyl (C=O) groups is 1. The van der Waals surface area contributed by atoms with Crippen LogP contribution in [0.3, 0.4) is 0 Å². The third-order valence-corrected chi connectivity index (χ3v) is 2.74. The van der Waals surface area contributed by atoms with E-state index in [-0.39, 0.29) is 11.9 Å². The first-order valence-corrected chi connectivity index (χ1v) is 5.01. The average molecular weight is 185 g/mol.